The summed E-state index contributed by atoms with van der Waals surface area (Å²) in [5.41, 5.74) is 0. The van der Waals surface area contributed by atoms with E-state index >= 15 is 0 Å². The van der Waals surface area contributed by atoms with Crippen LogP contribution in [0.4, 0.5) is 0 Å². The molecule has 0 rings (SSSR count). The van der Waals surface area contributed by atoms with Crippen molar-refractivity contribution in [2.24, 2.45) is 0 Å². The molecule has 0 bridgehead atoms. The summed E-state index contributed by atoms with van der Waals surface area (Å²) in [5.74, 6) is -0.394. The summed E-state index contributed by atoms with van der Waals surface area (Å²) >= 11 is 0. The Balaban J connectivity index is 4.02. The van der Waals surface area contributed by atoms with E-state index in [1.54, 1.807) is 0 Å². The quantitative estimate of drug-likeness (QED) is 0.0351. The van der Waals surface area contributed by atoms with Gasteiger partial charge in [0.05, 0.1) is 6.61 Å². The van der Waals surface area contributed by atoms with E-state index in [4.69, 9.17) is 14.2 Å². The van der Waals surface area contributed by atoms with Crippen molar-refractivity contribution in [3.8, 4) is 0 Å². The van der Waals surface area contributed by atoms with Gasteiger partial charge in [-0.15, -0.1) is 0 Å². The summed E-state index contributed by atoms with van der Waals surface area (Å²) in [5, 5.41) is 0. The molecule has 0 aliphatic rings. The lowest BCUT2D eigenvalue weighted by molar-refractivity contribution is -0.163. The largest absolute Gasteiger partial charge is 0.462 e. The maximum atomic E-state index is 12.7. The number of esters is 2. The number of hydrogen-bond donors (Lipinski definition) is 0. The van der Waals surface area contributed by atoms with Gasteiger partial charge in [-0.2, -0.15) is 0 Å². The fourth-order valence-corrected chi connectivity index (χ4v) is 7.15. The van der Waals surface area contributed by atoms with E-state index in [1.165, 1.54) is 180 Å². The maximum Gasteiger partial charge on any atom is 0.306 e. The number of rotatable bonds is 45. The standard InChI is InChI=1S/C49H94O5/c1-4-7-10-13-16-18-20-22-23-24-25-26-27-29-30-32-34-36-39-42-48(50)53-46-47(45-52-44-41-38-15-12-9-6-3)54-49(51)43-40-37-35-33-31-28-21-19-17-14-11-8-5-2/h19,21,47H,4-18,20,22-46H2,1-3H3/b21-19-. The zero-order valence-electron chi connectivity index (χ0n) is 36.8. The number of carbonyl (C=O) groups excluding carboxylic acids is 2. The molecule has 54 heavy (non-hydrogen) atoms. The van der Waals surface area contributed by atoms with Crippen LogP contribution in [0.3, 0.4) is 0 Å². The molecule has 0 aromatic rings. The van der Waals surface area contributed by atoms with Crippen LogP contribution in [0, 0.1) is 0 Å². The molecule has 1 unspecified atom stereocenters. The lowest BCUT2D eigenvalue weighted by atomic mass is 10.0. The Morgan fingerprint density at radius 3 is 1.15 bits per heavy atom. The summed E-state index contributed by atoms with van der Waals surface area (Å²) < 4.78 is 17.2. The summed E-state index contributed by atoms with van der Waals surface area (Å²) in [4.78, 5) is 25.2. The maximum absolute atomic E-state index is 12.7. The van der Waals surface area contributed by atoms with Crippen LogP contribution < -0.4 is 0 Å². The lowest BCUT2D eigenvalue weighted by Crippen LogP contribution is -2.30. The molecule has 5 nitrogen and oxygen atoms in total. The van der Waals surface area contributed by atoms with Crippen LogP contribution >= 0.6 is 0 Å². The average Bonchev–Trinajstić information content (AvgIpc) is 3.17. The van der Waals surface area contributed by atoms with Gasteiger partial charge in [0, 0.05) is 19.4 Å². The second kappa shape index (κ2) is 46.0. The molecule has 0 amide bonds. The van der Waals surface area contributed by atoms with Gasteiger partial charge in [0.25, 0.3) is 0 Å². The Hall–Kier alpha value is -1.36. The highest BCUT2D eigenvalue weighted by Crippen LogP contribution is 2.16. The van der Waals surface area contributed by atoms with Gasteiger partial charge >= 0.3 is 11.9 Å². The molecule has 0 heterocycles. The van der Waals surface area contributed by atoms with Crippen molar-refractivity contribution in [1.82, 2.24) is 0 Å². The first-order valence-corrected chi connectivity index (χ1v) is 24.2. The van der Waals surface area contributed by atoms with Gasteiger partial charge in [-0.05, 0) is 44.9 Å². The molecule has 0 aliphatic carbocycles. The molecule has 0 aliphatic heterocycles. The Morgan fingerprint density at radius 1 is 0.389 bits per heavy atom. The van der Waals surface area contributed by atoms with E-state index in [0.29, 0.717) is 26.1 Å². The van der Waals surface area contributed by atoms with Crippen LogP contribution in [0.25, 0.3) is 0 Å². The predicted molar refractivity (Wildman–Crippen MR) is 233 cm³/mol. The van der Waals surface area contributed by atoms with Crippen LogP contribution in [0.5, 0.6) is 0 Å². The van der Waals surface area contributed by atoms with Crippen molar-refractivity contribution in [3.63, 3.8) is 0 Å². The highest BCUT2D eigenvalue weighted by Gasteiger charge is 2.17. The molecular weight excluding hydrogens is 669 g/mol. The minimum absolute atomic E-state index is 0.0896. The van der Waals surface area contributed by atoms with E-state index in [9.17, 15) is 9.59 Å². The van der Waals surface area contributed by atoms with Crippen molar-refractivity contribution in [1.29, 1.82) is 0 Å². The Bertz CT molecular complexity index is 780. The first-order valence-electron chi connectivity index (χ1n) is 24.2. The van der Waals surface area contributed by atoms with Crippen LogP contribution in [-0.4, -0.2) is 37.9 Å². The van der Waals surface area contributed by atoms with Crippen molar-refractivity contribution >= 4 is 11.9 Å². The topological polar surface area (TPSA) is 61.8 Å². The molecule has 5 heteroatoms. The molecule has 0 spiro atoms. The first-order chi connectivity index (χ1) is 26.6. The van der Waals surface area contributed by atoms with Crippen molar-refractivity contribution in [3.05, 3.63) is 12.2 Å². The van der Waals surface area contributed by atoms with Gasteiger partial charge in [0.1, 0.15) is 6.61 Å². The molecule has 0 N–H and O–H groups in total. The van der Waals surface area contributed by atoms with E-state index in [2.05, 4.69) is 32.9 Å². The van der Waals surface area contributed by atoms with Gasteiger partial charge in [-0.1, -0.05) is 219 Å². The summed E-state index contributed by atoms with van der Waals surface area (Å²) in [6, 6.07) is 0. The van der Waals surface area contributed by atoms with E-state index in [-0.39, 0.29) is 18.5 Å². The fraction of sp³-hybridized carbons (Fsp3) is 0.918. The molecular formula is C49H94O5. The Labute approximate surface area is 337 Å². The number of ether oxygens (including phenoxy) is 3. The number of unbranched alkanes of at least 4 members (excludes halogenated alkanes) is 32. The molecule has 0 aromatic heterocycles. The zero-order chi connectivity index (χ0) is 39.3. The number of hydrogen-bond acceptors (Lipinski definition) is 5. The van der Waals surface area contributed by atoms with Gasteiger partial charge in [0.2, 0.25) is 0 Å². The SMILES string of the molecule is CCCCCC/C=C\CCCCCCCC(=O)OC(COCCCCCCCC)COC(=O)CCCCCCCCCCCCCCCCCCCCC. The smallest absolute Gasteiger partial charge is 0.306 e. The fourth-order valence-electron chi connectivity index (χ4n) is 7.15. The van der Waals surface area contributed by atoms with Crippen LogP contribution in [0.1, 0.15) is 265 Å². The normalized spacial score (nSPS) is 12.1. The van der Waals surface area contributed by atoms with Gasteiger partial charge in [0.15, 0.2) is 6.10 Å². The van der Waals surface area contributed by atoms with Crippen molar-refractivity contribution in [2.45, 2.75) is 271 Å². The third-order valence-electron chi connectivity index (χ3n) is 10.8. The van der Waals surface area contributed by atoms with Crippen molar-refractivity contribution < 1.29 is 23.8 Å². The summed E-state index contributed by atoms with van der Waals surface area (Å²) in [7, 11) is 0. The molecule has 0 saturated carbocycles. The third-order valence-corrected chi connectivity index (χ3v) is 10.8. The van der Waals surface area contributed by atoms with Gasteiger partial charge in [-0.3, -0.25) is 9.59 Å². The summed E-state index contributed by atoms with van der Waals surface area (Å²) in [6.07, 6.45) is 50.8. The second-order valence-electron chi connectivity index (χ2n) is 16.4. The number of carbonyl (C=O) groups is 2. The third kappa shape index (κ3) is 43.4. The van der Waals surface area contributed by atoms with Gasteiger partial charge < -0.3 is 14.2 Å². The molecule has 0 fully saturated rings. The highest BCUT2D eigenvalue weighted by atomic mass is 16.6. The van der Waals surface area contributed by atoms with Crippen LogP contribution in [0.15, 0.2) is 12.2 Å². The minimum Gasteiger partial charge on any atom is -0.462 e. The molecule has 0 aromatic carbocycles. The van der Waals surface area contributed by atoms with Crippen LogP contribution in [-0.2, 0) is 23.8 Å². The molecule has 320 valence electrons. The predicted octanol–water partition coefficient (Wildman–Crippen LogP) is 15.9. The Morgan fingerprint density at radius 2 is 0.722 bits per heavy atom. The highest BCUT2D eigenvalue weighted by molar-refractivity contribution is 5.70. The van der Waals surface area contributed by atoms with E-state index in [1.807, 2.05) is 0 Å². The van der Waals surface area contributed by atoms with E-state index < -0.39 is 6.10 Å². The molecule has 0 saturated heterocycles. The molecule has 0 radical (unpaired) electrons. The zero-order valence-corrected chi connectivity index (χ0v) is 36.8. The molecule has 1 atom stereocenters. The summed E-state index contributed by atoms with van der Waals surface area (Å²) in [6.45, 7) is 7.81. The minimum atomic E-state index is -0.527. The van der Waals surface area contributed by atoms with Gasteiger partial charge in [-0.25, -0.2) is 0 Å². The first kappa shape index (κ1) is 52.6. The second-order valence-corrected chi connectivity index (χ2v) is 16.4. The average molecular weight is 763 g/mol. The van der Waals surface area contributed by atoms with Crippen molar-refractivity contribution in [2.75, 3.05) is 19.8 Å². The number of allylic oxidation sites excluding steroid dienone is 2. The van der Waals surface area contributed by atoms with Crippen LogP contribution in [0.2, 0.25) is 0 Å². The monoisotopic (exact) mass is 763 g/mol. The lowest BCUT2D eigenvalue weighted by Gasteiger charge is -2.18. The van der Waals surface area contributed by atoms with E-state index in [0.717, 1.165) is 51.4 Å². The Kier molecular flexibility index (Phi) is 44.9.